The minimum Gasteiger partial charge on any atom is -0.368 e. The van der Waals surface area contributed by atoms with Crippen LogP contribution in [0.2, 0.25) is 0 Å². The minimum absolute atomic E-state index is 0.00494. The molecule has 1 saturated carbocycles. The summed E-state index contributed by atoms with van der Waals surface area (Å²) in [4.78, 5) is 15.3. The van der Waals surface area contributed by atoms with Crippen molar-refractivity contribution in [3.63, 3.8) is 0 Å². The van der Waals surface area contributed by atoms with E-state index in [2.05, 4.69) is 32.0 Å². The van der Waals surface area contributed by atoms with Crippen molar-refractivity contribution >= 4 is 11.6 Å². The van der Waals surface area contributed by atoms with Crippen LogP contribution < -0.4 is 16.1 Å². The monoisotopic (exact) mass is 462 g/mol. The Kier molecular flexibility index (Phi) is 5.97. The quantitative estimate of drug-likeness (QED) is 0.638. The first-order valence-corrected chi connectivity index (χ1v) is 11.7. The average molecular weight is 463 g/mol. The predicted molar refractivity (Wildman–Crippen MR) is 115 cm³/mol. The number of hydrogen-bond acceptors (Lipinski definition) is 6. The first-order chi connectivity index (χ1) is 15.8. The van der Waals surface area contributed by atoms with Gasteiger partial charge in [-0.15, -0.1) is 0 Å². The SMILES string of the molecule is N#C[C@H]1C[C@H](N2CCC2)CC[C@@H]1N1NC(Nc2ccc(C(F)(F)F)cc2)C2C(=O)NCCC21. The van der Waals surface area contributed by atoms with Gasteiger partial charge in [-0.25, -0.2) is 10.4 Å². The highest BCUT2D eigenvalue weighted by atomic mass is 19.4. The van der Waals surface area contributed by atoms with Gasteiger partial charge in [0.25, 0.3) is 0 Å². The molecule has 1 aromatic carbocycles. The number of hydrogen-bond donors (Lipinski definition) is 3. The smallest absolute Gasteiger partial charge is 0.368 e. The molecule has 3 aliphatic heterocycles. The maximum atomic E-state index is 12.9. The van der Waals surface area contributed by atoms with E-state index in [1.807, 2.05) is 0 Å². The van der Waals surface area contributed by atoms with Gasteiger partial charge in [-0.3, -0.25) is 4.79 Å². The van der Waals surface area contributed by atoms with Crippen LogP contribution in [-0.4, -0.2) is 59.7 Å². The highest BCUT2D eigenvalue weighted by Gasteiger charge is 2.52. The van der Waals surface area contributed by atoms with Gasteiger partial charge in [0.2, 0.25) is 5.91 Å². The molecule has 0 radical (unpaired) electrons. The van der Waals surface area contributed by atoms with Gasteiger partial charge in [0.05, 0.1) is 23.5 Å². The van der Waals surface area contributed by atoms with Crippen molar-refractivity contribution in [2.45, 2.75) is 62.6 Å². The van der Waals surface area contributed by atoms with Crippen LogP contribution in [0.25, 0.3) is 0 Å². The molecule has 5 rings (SSSR count). The van der Waals surface area contributed by atoms with E-state index in [0.29, 0.717) is 18.3 Å². The molecule has 0 spiro atoms. The number of nitrogens with one attached hydrogen (secondary N) is 3. The van der Waals surface area contributed by atoms with Gasteiger partial charge < -0.3 is 15.5 Å². The van der Waals surface area contributed by atoms with Gasteiger partial charge in [0.1, 0.15) is 6.17 Å². The van der Waals surface area contributed by atoms with Crippen LogP contribution in [0.4, 0.5) is 18.9 Å². The Morgan fingerprint density at radius 2 is 1.85 bits per heavy atom. The second-order valence-electron chi connectivity index (χ2n) is 9.57. The largest absolute Gasteiger partial charge is 0.416 e. The number of alkyl halides is 3. The van der Waals surface area contributed by atoms with Gasteiger partial charge in [0, 0.05) is 30.4 Å². The zero-order valence-corrected chi connectivity index (χ0v) is 18.3. The Labute approximate surface area is 191 Å². The summed E-state index contributed by atoms with van der Waals surface area (Å²) in [6.45, 7) is 2.80. The first-order valence-electron chi connectivity index (χ1n) is 11.7. The average Bonchev–Trinajstić information content (AvgIpc) is 3.11. The summed E-state index contributed by atoms with van der Waals surface area (Å²) in [5.41, 5.74) is 3.24. The van der Waals surface area contributed by atoms with Crippen LogP contribution >= 0.6 is 0 Å². The summed E-state index contributed by atoms with van der Waals surface area (Å²) < 4.78 is 38.7. The van der Waals surface area contributed by atoms with Crippen LogP contribution in [0.1, 0.15) is 37.7 Å². The minimum atomic E-state index is -4.39. The topological polar surface area (TPSA) is 83.4 Å². The molecule has 7 nitrogen and oxygen atoms in total. The highest BCUT2D eigenvalue weighted by Crippen LogP contribution is 2.38. The van der Waals surface area contributed by atoms with Crippen LogP contribution in [0.5, 0.6) is 0 Å². The molecule has 6 atom stereocenters. The fourth-order valence-electron chi connectivity index (χ4n) is 5.88. The van der Waals surface area contributed by atoms with Crippen LogP contribution in [0.3, 0.4) is 0 Å². The zero-order chi connectivity index (χ0) is 23.2. The van der Waals surface area contributed by atoms with Crippen molar-refractivity contribution in [2.24, 2.45) is 11.8 Å². The molecule has 3 N–H and O–H groups in total. The summed E-state index contributed by atoms with van der Waals surface area (Å²) in [5, 5.41) is 18.2. The Balaban J connectivity index is 1.33. The number of fused-ring (bicyclic) bond motifs is 1. The number of likely N-dealkylation sites (tertiary alicyclic amines) is 1. The van der Waals surface area contributed by atoms with E-state index in [9.17, 15) is 23.2 Å². The fraction of sp³-hybridized carbons (Fsp3) is 0.652. The van der Waals surface area contributed by atoms with E-state index in [0.717, 1.165) is 50.9 Å². The lowest BCUT2D eigenvalue weighted by Gasteiger charge is -2.46. The van der Waals surface area contributed by atoms with Crippen LogP contribution in [0.15, 0.2) is 24.3 Å². The molecule has 3 heterocycles. The molecule has 1 aromatic rings. The van der Waals surface area contributed by atoms with E-state index in [1.165, 1.54) is 18.6 Å². The summed E-state index contributed by atoms with van der Waals surface area (Å²) in [6.07, 6.45) is -0.123. The normalized spacial score (nSPS) is 35.3. The summed E-state index contributed by atoms with van der Waals surface area (Å²) in [7, 11) is 0. The van der Waals surface area contributed by atoms with Crippen molar-refractivity contribution < 1.29 is 18.0 Å². The molecule has 178 valence electrons. The Morgan fingerprint density at radius 3 is 2.48 bits per heavy atom. The summed E-state index contributed by atoms with van der Waals surface area (Å²) in [5.74, 6) is -0.603. The molecular formula is C23H29F3N6O. The van der Waals surface area contributed by atoms with Gasteiger partial charge in [-0.05, 0) is 69.5 Å². The Bertz CT molecular complexity index is 912. The maximum absolute atomic E-state index is 12.9. The van der Waals surface area contributed by atoms with E-state index in [1.54, 1.807) is 0 Å². The van der Waals surface area contributed by atoms with Crippen LogP contribution in [-0.2, 0) is 11.0 Å². The molecular weight excluding hydrogens is 433 g/mol. The number of nitriles is 1. The molecule has 33 heavy (non-hydrogen) atoms. The number of piperidine rings is 1. The zero-order valence-electron chi connectivity index (χ0n) is 18.3. The van der Waals surface area contributed by atoms with Gasteiger partial charge >= 0.3 is 6.18 Å². The lowest BCUT2D eigenvalue weighted by Crippen LogP contribution is -2.57. The Hall–Kier alpha value is -2.35. The number of nitrogens with zero attached hydrogens (tertiary/aromatic N) is 3. The molecule has 4 aliphatic rings. The standard InChI is InChI=1S/C23H29F3N6O/c24-23(25,26)15-2-4-16(5-3-15)29-21-20-19(8-9-28-22(20)33)32(30-21)18-7-6-17(12-14(18)13-27)31-10-1-11-31/h2-5,14,17-21,29-30H,1,6-12H2,(H,28,33)/t14-,17-,18+,19?,20?,21?/m1/s1. The first kappa shape index (κ1) is 22.4. The van der Waals surface area contributed by atoms with Gasteiger partial charge in [-0.2, -0.15) is 18.4 Å². The number of rotatable bonds is 4. The second kappa shape index (κ2) is 8.78. The van der Waals surface area contributed by atoms with Gasteiger partial charge in [0.15, 0.2) is 0 Å². The van der Waals surface area contributed by atoms with E-state index >= 15 is 0 Å². The van der Waals surface area contributed by atoms with E-state index in [4.69, 9.17) is 0 Å². The molecule has 0 aromatic heterocycles. The van der Waals surface area contributed by atoms with Crippen LogP contribution in [0, 0.1) is 23.2 Å². The van der Waals surface area contributed by atoms with Crippen molar-refractivity contribution in [3.8, 4) is 6.07 Å². The molecule has 1 aliphatic carbocycles. The fourth-order valence-corrected chi connectivity index (χ4v) is 5.88. The second-order valence-corrected chi connectivity index (χ2v) is 9.57. The van der Waals surface area contributed by atoms with Crippen molar-refractivity contribution in [1.82, 2.24) is 20.7 Å². The number of halogens is 3. The van der Waals surface area contributed by atoms with Gasteiger partial charge in [-0.1, -0.05) is 0 Å². The lowest BCUT2D eigenvalue weighted by molar-refractivity contribution is -0.137. The van der Waals surface area contributed by atoms with E-state index < -0.39 is 23.8 Å². The summed E-state index contributed by atoms with van der Waals surface area (Å²) in [6, 6.07) is 7.77. The number of carbonyl (C=O) groups excluding carboxylic acids is 1. The Morgan fingerprint density at radius 1 is 1.09 bits per heavy atom. The van der Waals surface area contributed by atoms with Crippen molar-refractivity contribution in [1.29, 1.82) is 5.26 Å². The highest BCUT2D eigenvalue weighted by molar-refractivity contribution is 5.82. The third kappa shape index (κ3) is 4.29. The van der Waals surface area contributed by atoms with E-state index in [-0.39, 0.29) is 23.9 Å². The molecule has 10 heteroatoms. The number of amides is 1. The molecule has 3 saturated heterocycles. The molecule has 1 amide bonds. The number of carbonyl (C=O) groups is 1. The molecule has 0 bridgehead atoms. The lowest BCUT2D eigenvalue weighted by atomic mass is 9.79. The maximum Gasteiger partial charge on any atom is 0.416 e. The third-order valence-corrected chi connectivity index (χ3v) is 7.71. The molecule has 4 fully saturated rings. The number of benzene rings is 1. The number of anilines is 1. The third-order valence-electron chi connectivity index (χ3n) is 7.71. The predicted octanol–water partition coefficient (Wildman–Crippen LogP) is 2.53. The summed E-state index contributed by atoms with van der Waals surface area (Å²) >= 11 is 0. The van der Waals surface area contributed by atoms with Crippen molar-refractivity contribution in [3.05, 3.63) is 29.8 Å². The molecule has 3 unspecified atom stereocenters. The number of hydrazine groups is 1. The van der Waals surface area contributed by atoms with Crippen molar-refractivity contribution in [2.75, 3.05) is 25.0 Å².